The number of rotatable bonds is 9. The number of aromatic nitrogens is 1. The molecule has 6 N–H and O–H groups in total. The number of anilines is 1. The summed E-state index contributed by atoms with van der Waals surface area (Å²) in [6, 6.07) is 10.5. The van der Waals surface area contributed by atoms with Crippen LogP contribution in [0, 0.1) is 18.8 Å². The molecule has 3 fully saturated rings. The van der Waals surface area contributed by atoms with Crippen LogP contribution in [0.3, 0.4) is 0 Å². The van der Waals surface area contributed by atoms with E-state index in [2.05, 4.69) is 27.5 Å². The molecule has 3 aliphatic heterocycles. The van der Waals surface area contributed by atoms with Gasteiger partial charge in [-0.2, -0.15) is 0 Å². The third kappa shape index (κ3) is 6.05. The van der Waals surface area contributed by atoms with Gasteiger partial charge in [0, 0.05) is 48.2 Å². The van der Waals surface area contributed by atoms with Gasteiger partial charge in [0.05, 0.1) is 16.8 Å². The molecular formula is C32H39N7O4. The van der Waals surface area contributed by atoms with Gasteiger partial charge in [0.15, 0.2) is 0 Å². The van der Waals surface area contributed by atoms with Gasteiger partial charge in [-0.05, 0) is 94.3 Å². The Morgan fingerprint density at radius 3 is 2.58 bits per heavy atom. The highest BCUT2D eigenvalue weighted by Crippen LogP contribution is 2.32. The summed E-state index contributed by atoms with van der Waals surface area (Å²) in [5.41, 5.74) is 11.1. The van der Waals surface area contributed by atoms with Crippen molar-refractivity contribution in [3.63, 3.8) is 0 Å². The highest BCUT2D eigenvalue weighted by molar-refractivity contribution is 6.23. The number of pyridine rings is 1. The van der Waals surface area contributed by atoms with Crippen molar-refractivity contribution in [1.82, 2.24) is 25.8 Å². The zero-order chi connectivity index (χ0) is 30.1. The Morgan fingerprint density at radius 1 is 1.07 bits per heavy atom. The van der Waals surface area contributed by atoms with Gasteiger partial charge < -0.3 is 21.7 Å². The summed E-state index contributed by atoms with van der Waals surface area (Å²) in [5.74, 6) is -1.13. The number of hydrogen-bond acceptors (Lipinski definition) is 9. The molecule has 4 aliphatic rings. The van der Waals surface area contributed by atoms with Crippen molar-refractivity contribution in [3.8, 4) is 0 Å². The second-order valence-electron chi connectivity index (χ2n) is 12.2. The normalized spacial score (nSPS) is 25.2. The van der Waals surface area contributed by atoms with E-state index in [-0.39, 0.29) is 30.0 Å². The lowest BCUT2D eigenvalue weighted by Crippen LogP contribution is -2.54. The average Bonchev–Trinajstić information content (AvgIpc) is 3.22. The molecule has 0 radical (unpaired) electrons. The minimum atomic E-state index is -0.966. The fraction of sp³-hybridized carbons (Fsp3) is 0.469. The molecule has 2 atom stereocenters. The van der Waals surface area contributed by atoms with E-state index in [9.17, 15) is 19.2 Å². The Morgan fingerprint density at radius 2 is 1.84 bits per heavy atom. The Hall–Kier alpha value is -4.09. The number of hydrogen-bond donors (Lipinski definition) is 5. The van der Waals surface area contributed by atoms with Gasteiger partial charge in [0.25, 0.3) is 11.8 Å². The van der Waals surface area contributed by atoms with Crippen molar-refractivity contribution in [2.45, 2.75) is 63.6 Å². The zero-order valence-corrected chi connectivity index (χ0v) is 24.4. The van der Waals surface area contributed by atoms with Crippen LogP contribution >= 0.6 is 0 Å². The number of carbonyl (C=O) groups excluding carboxylic acids is 4. The first kappa shape index (κ1) is 29.0. The van der Waals surface area contributed by atoms with E-state index in [4.69, 9.17) is 10.7 Å². The van der Waals surface area contributed by atoms with E-state index in [1.807, 2.05) is 25.1 Å². The lowest BCUT2D eigenvalue weighted by atomic mass is 9.80. The number of amides is 4. The largest absolute Gasteiger partial charge is 0.388 e. The minimum Gasteiger partial charge on any atom is -0.388 e. The number of carbonyl (C=O) groups is 4. The van der Waals surface area contributed by atoms with Crippen LogP contribution in [0.2, 0.25) is 0 Å². The number of aryl methyl sites for hydroxylation is 1. The van der Waals surface area contributed by atoms with Crippen molar-refractivity contribution in [2.24, 2.45) is 17.6 Å². The standard InChI is InChI=1S/C32H39N7O4/c1-18-3-2-4-26(37-18)25(29(33)20-9-11-34-12-10-20)17-36-22-13-19(14-22)16-35-21-5-6-23-24(15-21)32(43)39(31(23)42)27-7-8-28(40)38-30(27)41/h2-6,15,17,19-20,22,27,29,34-36H,7-14,16,33H2,1H3,(H,38,40,41)/b25-17-/t19-,22-,27?,29?. The predicted octanol–water partition coefficient (Wildman–Crippen LogP) is 1.94. The molecule has 11 heteroatoms. The SMILES string of the molecule is Cc1cccc(/C(=C/N[C@H]2C[C@H](CNc3ccc4c(c3)C(=O)N(C3CCC(=O)NC3=O)C4=O)C2)C(N)C2CCNCC2)n1. The molecule has 226 valence electrons. The first-order chi connectivity index (χ1) is 20.8. The van der Waals surface area contributed by atoms with Gasteiger partial charge in [-0.25, -0.2) is 0 Å². The quantitative estimate of drug-likeness (QED) is 0.277. The number of fused-ring (bicyclic) bond motifs is 1. The summed E-state index contributed by atoms with van der Waals surface area (Å²) in [4.78, 5) is 55.6. The van der Waals surface area contributed by atoms with Gasteiger partial charge in [0.1, 0.15) is 6.04 Å². The number of imide groups is 2. The Kier molecular flexibility index (Phi) is 8.27. The summed E-state index contributed by atoms with van der Waals surface area (Å²) in [6.07, 6.45) is 6.41. The predicted molar refractivity (Wildman–Crippen MR) is 162 cm³/mol. The molecule has 4 heterocycles. The van der Waals surface area contributed by atoms with Crippen molar-refractivity contribution >= 4 is 34.9 Å². The van der Waals surface area contributed by atoms with E-state index >= 15 is 0 Å². The third-order valence-electron chi connectivity index (χ3n) is 9.18. The van der Waals surface area contributed by atoms with E-state index in [1.165, 1.54) is 0 Å². The molecule has 1 aliphatic carbocycles. The number of piperidine rings is 2. The number of nitrogens with one attached hydrogen (secondary N) is 4. The molecule has 2 saturated heterocycles. The van der Waals surface area contributed by atoms with Crippen molar-refractivity contribution < 1.29 is 19.2 Å². The van der Waals surface area contributed by atoms with E-state index < -0.39 is 29.7 Å². The van der Waals surface area contributed by atoms with Crippen LogP contribution in [0.25, 0.3) is 5.57 Å². The fourth-order valence-corrected chi connectivity index (χ4v) is 6.59. The average molecular weight is 586 g/mol. The maximum Gasteiger partial charge on any atom is 0.262 e. The van der Waals surface area contributed by atoms with Crippen LogP contribution in [-0.2, 0) is 9.59 Å². The summed E-state index contributed by atoms with van der Waals surface area (Å²) >= 11 is 0. The fourth-order valence-electron chi connectivity index (χ4n) is 6.59. The van der Waals surface area contributed by atoms with Crippen LogP contribution < -0.4 is 27.0 Å². The maximum absolute atomic E-state index is 13.1. The molecule has 43 heavy (non-hydrogen) atoms. The molecule has 1 aromatic heterocycles. The Labute approximate surface area is 251 Å². The molecular weight excluding hydrogens is 546 g/mol. The molecule has 2 unspecified atom stereocenters. The molecule has 1 aromatic carbocycles. The summed E-state index contributed by atoms with van der Waals surface area (Å²) in [6.45, 7) is 4.71. The van der Waals surface area contributed by atoms with Gasteiger partial charge in [-0.3, -0.25) is 34.4 Å². The van der Waals surface area contributed by atoms with E-state index in [1.54, 1.807) is 18.2 Å². The van der Waals surface area contributed by atoms with Crippen LogP contribution in [0.4, 0.5) is 5.69 Å². The molecule has 0 spiro atoms. The summed E-state index contributed by atoms with van der Waals surface area (Å²) in [5, 5.41) is 12.7. The second-order valence-corrected chi connectivity index (χ2v) is 12.2. The monoisotopic (exact) mass is 585 g/mol. The summed E-state index contributed by atoms with van der Waals surface area (Å²) in [7, 11) is 0. The van der Waals surface area contributed by atoms with Crippen LogP contribution in [0.1, 0.15) is 70.6 Å². The van der Waals surface area contributed by atoms with Crippen LogP contribution in [0.15, 0.2) is 42.6 Å². The lowest BCUT2D eigenvalue weighted by molar-refractivity contribution is -0.136. The molecule has 11 nitrogen and oxygen atoms in total. The highest BCUT2D eigenvalue weighted by atomic mass is 16.2. The van der Waals surface area contributed by atoms with E-state index in [0.717, 1.165) is 72.9 Å². The van der Waals surface area contributed by atoms with Gasteiger partial charge in [-0.15, -0.1) is 0 Å². The van der Waals surface area contributed by atoms with Gasteiger partial charge in [-0.1, -0.05) is 6.07 Å². The first-order valence-electron chi connectivity index (χ1n) is 15.2. The second kappa shape index (κ2) is 12.3. The van der Waals surface area contributed by atoms with Crippen molar-refractivity contribution in [2.75, 3.05) is 25.0 Å². The first-order valence-corrected chi connectivity index (χ1v) is 15.2. The van der Waals surface area contributed by atoms with Crippen molar-refractivity contribution in [3.05, 3.63) is 65.1 Å². The smallest absolute Gasteiger partial charge is 0.262 e. The topological polar surface area (TPSA) is 159 Å². The third-order valence-corrected chi connectivity index (χ3v) is 9.18. The summed E-state index contributed by atoms with van der Waals surface area (Å²) < 4.78 is 0. The molecule has 4 amide bonds. The Balaban J connectivity index is 1.04. The molecule has 1 saturated carbocycles. The van der Waals surface area contributed by atoms with Gasteiger partial charge >= 0.3 is 0 Å². The molecule has 0 bridgehead atoms. The molecule has 2 aromatic rings. The van der Waals surface area contributed by atoms with E-state index in [0.29, 0.717) is 17.9 Å². The Bertz CT molecular complexity index is 1460. The zero-order valence-electron chi connectivity index (χ0n) is 24.4. The minimum absolute atomic E-state index is 0.0817. The number of nitrogens with two attached hydrogens (primary N) is 1. The maximum atomic E-state index is 13.1. The number of benzene rings is 1. The molecule has 6 rings (SSSR count). The van der Waals surface area contributed by atoms with Gasteiger partial charge in [0.2, 0.25) is 11.8 Å². The lowest BCUT2D eigenvalue weighted by Gasteiger charge is -2.36. The highest BCUT2D eigenvalue weighted by Gasteiger charge is 2.44. The number of nitrogens with zero attached hydrogens (tertiary/aromatic N) is 2. The van der Waals surface area contributed by atoms with Crippen LogP contribution in [-0.4, -0.2) is 71.3 Å². The van der Waals surface area contributed by atoms with Crippen molar-refractivity contribution in [1.29, 1.82) is 0 Å². The van der Waals surface area contributed by atoms with Crippen LogP contribution in [0.5, 0.6) is 0 Å².